The number of likely N-dealkylation sites (tertiary alicyclic amines) is 1. The van der Waals surface area contributed by atoms with Crippen molar-refractivity contribution in [2.24, 2.45) is 23.7 Å². The van der Waals surface area contributed by atoms with Gasteiger partial charge in [0.15, 0.2) is 17.4 Å². The third-order valence-electron chi connectivity index (χ3n) is 10.1. The topological polar surface area (TPSA) is 120 Å². The molecular formula is C33H24Cl2F4N4O5. The van der Waals surface area contributed by atoms with E-state index in [9.17, 15) is 37.5 Å². The zero-order valence-electron chi connectivity index (χ0n) is 24.8. The summed E-state index contributed by atoms with van der Waals surface area (Å²) in [5.74, 6) is -9.13. The minimum Gasteiger partial charge on any atom is -0.505 e. The number of carbonyl (C=O) groups is 4. The smallest absolute Gasteiger partial charge is 0.417 e. The van der Waals surface area contributed by atoms with Crippen LogP contribution in [0.15, 0.2) is 66.4 Å². The van der Waals surface area contributed by atoms with Gasteiger partial charge in [0.1, 0.15) is 0 Å². The van der Waals surface area contributed by atoms with E-state index in [1.54, 1.807) is 18.2 Å². The maximum atomic E-state index is 15.1. The van der Waals surface area contributed by atoms with Gasteiger partial charge in [0, 0.05) is 24.2 Å². The summed E-state index contributed by atoms with van der Waals surface area (Å²) in [7, 11) is 1.38. The van der Waals surface area contributed by atoms with Crippen molar-refractivity contribution in [3.05, 3.63) is 98.9 Å². The Hall–Kier alpha value is -4.49. The minimum absolute atomic E-state index is 0.0729. The number of allylic oxidation sites excluding steroid dienone is 2. The van der Waals surface area contributed by atoms with Crippen molar-refractivity contribution in [1.29, 1.82) is 0 Å². The number of pyridine rings is 1. The van der Waals surface area contributed by atoms with E-state index in [4.69, 9.17) is 23.2 Å². The number of nitrogens with zero attached hydrogens (tertiary/aromatic N) is 3. The second-order valence-electron chi connectivity index (χ2n) is 12.4. The summed E-state index contributed by atoms with van der Waals surface area (Å²) in [5, 5.41) is 10.5. The summed E-state index contributed by atoms with van der Waals surface area (Å²) >= 11 is 12.4. The first-order valence-corrected chi connectivity index (χ1v) is 15.6. The molecule has 0 radical (unpaired) electrons. The predicted octanol–water partition coefficient (Wildman–Crippen LogP) is 5.87. The molecule has 2 aliphatic heterocycles. The number of fused-ring (bicyclic) bond motifs is 4. The second kappa shape index (κ2) is 11.0. The lowest BCUT2D eigenvalue weighted by Crippen LogP contribution is -2.53. The van der Waals surface area contributed by atoms with Crippen LogP contribution in [0.5, 0.6) is 5.75 Å². The number of halogens is 6. The Labute approximate surface area is 280 Å². The van der Waals surface area contributed by atoms with Gasteiger partial charge < -0.3 is 5.11 Å². The number of hydrogen-bond donors (Lipinski definition) is 2. The van der Waals surface area contributed by atoms with Crippen molar-refractivity contribution in [2.75, 3.05) is 12.5 Å². The molecular weight excluding hydrogens is 679 g/mol. The van der Waals surface area contributed by atoms with E-state index in [1.807, 2.05) is 0 Å². The summed E-state index contributed by atoms with van der Waals surface area (Å²) in [6, 6.07) is 10.3. The number of alkyl halides is 3. The van der Waals surface area contributed by atoms with Crippen LogP contribution in [-0.4, -0.2) is 50.7 Å². The lowest BCUT2D eigenvalue weighted by molar-refractivity contribution is -0.140. The number of amides is 4. The highest BCUT2D eigenvalue weighted by Crippen LogP contribution is 2.64. The fourth-order valence-electron chi connectivity index (χ4n) is 8.02. The highest BCUT2D eigenvalue weighted by Gasteiger charge is 2.70. The van der Waals surface area contributed by atoms with Gasteiger partial charge in [0.2, 0.25) is 11.8 Å². The van der Waals surface area contributed by atoms with Crippen LogP contribution in [0.4, 0.5) is 23.4 Å². The number of carbonyl (C=O) groups excluding carboxylic acids is 4. The van der Waals surface area contributed by atoms with Crippen molar-refractivity contribution in [2.45, 2.75) is 30.4 Å². The molecule has 15 heteroatoms. The molecule has 3 aromatic rings. The van der Waals surface area contributed by atoms with E-state index in [-0.39, 0.29) is 24.3 Å². The number of hydrazine groups is 1. The first kappa shape index (κ1) is 32.1. The molecule has 2 aromatic carbocycles. The standard InChI is InChI=1S/C33H24Cl2F4N4O5/c1-42-28(45)19-8-7-18-20(25(19)30(42)47)12-21-29(46)43(41-27-22(35)11-16(13-40-27)33(37,38)39)31(48)32(21,15-3-5-17(34)6-4-15)26(18)14-2-9-24(44)23(36)10-14/h2-7,9-11,13,19-21,25-26,44H,8,12H2,1H3,(H,40,41)/t19-,20+,21-,25-,26-,32+/m0/s1. The number of aromatic hydroxyl groups is 1. The molecule has 2 N–H and O–H groups in total. The number of hydrogen-bond acceptors (Lipinski definition) is 7. The van der Waals surface area contributed by atoms with Gasteiger partial charge in [-0.3, -0.25) is 29.5 Å². The van der Waals surface area contributed by atoms with E-state index >= 15 is 4.39 Å². The Morgan fingerprint density at radius 2 is 1.69 bits per heavy atom. The van der Waals surface area contributed by atoms with Gasteiger partial charge in [-0.15, -0.1) is 0 Å². The molecule has 4 aliphatic rings. The molecule has 2 aliphatic carbocycles. The van der Waals surface area contributed by atoms with Crippen molar-refractivity contribution in [1.82, 2.24) is 14.9 Å². The maximum absolute atomic E-state index is 15.1. The van der Waals surface area contributed by atoms with Crippen molar-refractivity contribution in [3.8, 4) is 5.75 Å². The lowest BCUT2D eigenvalue weighted by atomic mass is 9.49. The fraction of sp³-hybridized carbons (Fsp3) is 0.303. The number of phenols is 1. The van der Waals surface area contributed by atoms with Gasteiger partial charge >= 0.3 is 6.18 Å². The van der Waals surface area contributed by atoms with Crippen LogP contribution >= 0.6 is 23.2 Å². The summed E-state index contributed by atoms with van der Waals surface area (Å²) in [6.45, 7) is 0. The predicted molar refractivity (Wildman–Crippen MR) is 163 cm³/mol. The minimum atomic E-state index is -4.76. The Kier molecular flexibility index (Phi) is 7.37. The number of aromatic nitrogens is 1. The SMILES string of the molecule is CN1C(=O)[C@H]2[C@H](CC=C3[C@H]2C[C@H]2C(=O)N(Nc4ncc(C(F)(F)F)cc4Cl)C(=O)[C@@]2(c2ccc(Cl)cc2)[C@H]3c2ccc(O)c(F)c2)C1=O. The molecule has 1 saturated carbocycles. The zero-order chi connectivity index (χ0) is 34.4. The van der Waals surface area contributed by atoms with Crippen LogP contribution in [0.3, 0.4) is 0 Å². The highest BCUT2D eigenvalue weighted by atomic mass is 35.5. The van der Waals surface area contributed by atoms with Gasteiger partial charge in [-0.2, -0.15) is 18.2 Å². The number of benzene rings is 2. The summed E-state index contributed by atoms with van der Waals surface area (Å²) < 4.78 is 55.1. The van der Waals surface area contributed by atoms with E-state index in [0.717, 1.165) is 17.0 Å². The van der Waals surface area contributed by atoms with Crippen LogP contribution < -0.4 is 5.43 Å². The van der Waals surface area contributed by atoms with Gasteiger partial charge in [-0.1, -0.05) is 53.1 Å². The van der Waals surface area contributed by atoms with Gasteiger partial charge in [0.05, 0.1) is 33.8 Å². The number of imide groups is 2. The second-order valence-corrected chi connectivity index (χ2v) is 13.2. The third kappa shape index (κ3) is 4.54. The zero-order valence-corrected chi connectivity index (χ0v) is 26.3. The average Bonchev–Trinajstić information content (AvgIpc) is 3.39. The molecule has 0 bridgehead atoms. The molecule has 9 nitrogen and oxygen atoms in total. The molecule has 2 saturated heterocycles. The molecule has 48 heavy (non-hydrogen) atoms. The third-order valence-corrected chi connectivity index (χ3v) is 10.6. The maximum Gasteiger partial charge on any atom is 0.417 e. The van der Waals surface area contributed by atoms with Crippen LogP contribution in [-0.2, 0) is 30.8 Å². The monoisotopic (exact) mass is 702 g/mol. The summed E-state index contributed by atoms with van der Waals surface area (Å²) in [4.78, 5) is 60.8. The average molecular weight is 703 g/mol. The normalized spacial score (nSPS) is 28.3. The molecule has 4 amide bonds. The summed E-state index contributed by atoms with van der Waals surface area (Å²) in [6.07, 6.45) is -2.41. The first-order valence-electron chi connectivity index (χ1n) is 14.8. The molecule has 1 aromatic heterocycles. The fourth-order valence-corrected chi connectivity index (χ4v) is 8.35. The van der Waals surface area contributed by atoms with Gasteiger partial charge in [0.25, 0.3) is 11.8 Å². The summed E-state index contributed by atoms with van der Waals surface area (Å²) in [5.41, 5.74) is 0.626. The Morgan fingerprint density at radius 3 is 2.33 bits per heavy atom. The molecule has 0 spiro atoms. The van der Waals surface area contributed by atoms with Gasteiger partial charge in [-0.25, -0.2) is 9.37 Å². The van der Waals surface area contributed by atoms with Crippen molar-refractivity contribution in [3.63, 3.8) is 0 Å². The number of rotatable bonds is 4. The Bertz CT molecular complexity index is 1950. The highest BCUT2D eigenvalue weighted by molar-refractivity contribution is 6.33. The molecule has 3 fully saturated rings. The molecule has 6 atom stereocenters. The number of nitrogens with one attached hydrogen (secondary N) is 1. The molecule has 7 rings (SSSR count). The largest absolute Gasteiger partial charge is 0.505 e. The van der Waals surface area contributed by atoms with Crippen LogP contribution in [0.1, 0.15) is 35.4 Å². The van der Waals surface area contributed by atoms with Gasteiger partial charge in [-0.05, 0) is 60.2 Å². The van der Waals surface area contributed by atoms with Crippen LogP contribution in [0, 0.1) is 29.5 Å². The number of anilines is 1. The van der Waals surface area contributed by atoms with Crippen LogP contribution in [0.2, 0.25) is 10.0 Å². The van der Waals surface area contributed by atoms with E-state index < -0.39 is 86.9 Å². The van der Waals surface area contributed by atoms with E-state index in [2.05, 4.69) is 10.4 Å². The van der Waals surface area contributed by atoms with Crippen molar-refractivity contribution >= 4 is 52.6 Å². The molecule has 248 valence electrons. The van der Waals surface area contributed by atoms with E-state index in [1.165, 1.54) is 25.2 Å². The first-order chi connectivity index (χ1) is 22.7. The lowest BCUT2D eigenvalue weighted by Gasteiger charge is -2.50. The number of phenolic OH excluding ortho intramolecular Hbond substituents is 1. The van der Waals surface area contributed by atoms with Crippen LogP contribution in [0.25, 0.3) is 0 Å². The molecule has 3 heterocycles. The molecule has 0 unspecified atom stereocenters. The van der Waals surface area contributed by atoms with Crippen molar-refractivity contribution < 1.29 is 41.8 Å². The quantitative estimate of drug-likeness (QED) is 0.198. The Morgan fingerprint density at radius 1 is 0.979 bits per heavy atom. The van der Waals surface area contributed by atoms with E-state index in [0.29, 0.717) is 33.4 Å². The Balaban J connectivity index is 1.44.